The number of alkyl halides is 6. The van der Waals surface area contributed by atoms with Crippen molar-refractivity contribution in [3.8, 4) is 0 Å². The van der Waals surface area contributed by atoms with E-state index < -0.39 is 89.3 Å². The highest BCUT2D eigenvalue weighted by Crippen LogP contribution is 2.48. The number of ether oxygens (including phenoxy) is 1. The maximum Gasteiger partial charge on any atom is 0.416 e. The minimum absolute atomic E-state index is 0.566. The lowest BCUT2D eigenvalue weighted by Gasteiger charge is -2.33. The summed E-state index contributed by atoms with van der Waals surface area (Å²) in [5.41, 5.74) is -10.8. The molecule has 2 N–H and O–H groups in total. The molecule has 2 aromatic rings. The van der Waals surface area contributed by atoms with Gasteiger partial charge in [-0.3, -0.25) is 20.2 Å². The van der Waals surface area contributed by atoms with Crippen LogP contribution in [0.25, 0.3) is 0 Å². The van der Waals surface area contributed by atoms with Gasteiger partial charge in [-0.05, 0) is 24.3 Å². The van der Waals surface area contributed by atoms with Crippen LogP contribution in [0.2, 0.25) is 0 Å². The van der Waals surface area contributed by atoms with Gasteiger partial charge in [-0.15, -0.1) is 0 Å². The SMILES string of the molecule is O=[N+]([O-])C1(c2ccccc2C(F)(F)F)C=CC(OC2C=CC(c3ccccc3C(F)(F)F)([N+](=O)[O-])C(O)=C2Cl)C(Cl)=C1O. The molecule has 0 spiro atoms. The van der Waals surface area contributed by atoms with E-state index in [4.69, 9.17) is 27.9 Å². The largest absolute Gasteiger partial charge is 0.504 e. The second-order valence-electron chi connectivity index (χ2n) is 9.22. The van der Waals surface area contributed by atoms with Gasteiger partial charge in [0.25, 0.3) is 0 Å². The van der Waals surface area contributed by atoms with Crippen molar-refractivity contribution < 1.29 is 51.1 Å². The lowest BCUT2D eigenvalue weighted by Crippen LogP contribution is -2.43. The van der Waals surface area contributed by atoms with E-state index in [0.29, 0.717) is 24.3 Å². The first-order chi connectivity index (χ1) is 19.9. The Morgan fingerprint density at radius 1 is 0.698 bits per heavy atom. The Kier molecular flexibility index (Phi) is 8.06. The number of nitro groups is 2. The van der Waals surface area contributed by atoms with Crippen molar-refractivity contribution in [2.75, 3.05) is 0 Å². The van der Waals surface area contributed by atoms with Gasteiger partial charge in [-0.1, -0.05) is 59.6 Å². The highest BCUT2D eigenvalue weighted by atomic mass is 35.5. The molecule has 0 saturated carbocycles. The summed E-state index contributed by atoms with van der Waals surface area (Å²) >= 11 is 12.3. The van der Waals surface area contributed by atoms with Gasteiger partial charge in [0.1, 0.15) is 12.2 Å². The molecule has 4 unspecified atom stereocenters. The minimum atomic E-state index is -5.06. The summed E-state index contributed by atoms with van der Waals surface area (Å²) in [4.78, 5) is 21.9. The van der Waals surface area contributed by atoms with Gasteiger partial charge in [0.15, 0.2) is 11.5 Å². The Morgan fingerprint density at radius 2 is 1.02 bits per heavy atom. The van der Waals surface area contributed by atoms with Crippen molar-refractivity contribution >= 4 is 23.2 Å². The molecule has 0 aromatic heterocycles. The van der Waals surface area contributed by atoms with Crippen LogP contribution in [0.4, 0.5) is 26.3 Å². The van der Waals surface area contributed by atoms with Crippen LogP contribution >= 0.6 is 23.2 Å². The monoisotopic (exact) mass is 652 g/mol. The quantitative estimate of drug-likeness (QED) is 0.145. The average molecular weight is 653 g/mol. The number of aliphatic hydroxyl groups is 2. The molecular weight excluding hydrogens is 637 g/mol. The Morgan fingerprint density at radius 3 is 1.33 bits per heavy atom. The second-order valence-corrected chi connectivity index (χ2v) is 10.0. The van der Waals surface area contributed by atoms with Crippen molar-refractivity contribution in [3.05, 3.63) is 137 Å². The van der Waals surface area contributed by atoms with Crippen molar-refractivity contribution in [1.82, 2.24) is 0 Å². The van der Waals surface area contributed by atoms with E-state index in [-0.39, 0.29) is 0 Å². The van der Waals surface area contributed by atoms with Crippen LogP contribution in [0, 0.1) is 20.2 Å². The second kappa shape index (κ2) is 10.9. The molecular formula is C26H16Cl2F6N2O7. The first kappa shape index (κ1) is 31.8. The summed E-state index contributed by atoms with van der Waals surface area (Å²) in [5.74, 6) is -2.71. The third kappa shape index (κ3) is 5.10. The van der Waals surface area contributed by atoms with Crippen molar-refractivity contribution in [2.45, 2.75) is 35.6 Å². The molecule has 4 atom stereocenters. The predicted octanol–water partition coefficient (Wildman–Crippen LogP) is 7.28. The number of benzene rings is 2. The van der Waals surface area contributed by atoms with E-state index in [1.807, 2.05) is 0 Å². The molecule has 4 rings (SSSR count). The number of aliphatic hydroxyl groups excluding tert-OH is 2. The van der Waals surface area contributed by atoms with E-state index in [1.54, 1.807) is 0 Å². The van der Waals surface area contributed by atoms with Crippen LogP contribution in [-0.4, -0.2) is 32.3 Å². The molecule has 2 aromatic carbocycles. The van der Waals surface area contributed by atoms with Crippen LogP contribution in [-0.2, 0) is 28.2 Å². The Labute approximate surface area is 246 Å². The fourth-order valence-corrected chi connectivity index (χ4v) is 5.37. The molecule has 0 saturated heterocycles. The molecule has 9 nitrogen and oxygen atoms in total. The van der Waals surface area contributed by atoms with E-state index in [0.717, 1.165) is 48.6 Å². The molecule has 0 fully saturated rings. The number of halogens is 8. The van der Waals surface area contributed by atoms with Gasteiger partial charge in [-0.2, -0.15) is 26.3 Å². The van der Waals surface area contributed by atoms with Crippen LogP contribution in [0.1, 0.15) is 22.3 Å². The van der Waals surface area contributed by atoms with Gasteiger partial charge >= 0.3 is 23.4 Å². The van der Waals surface area contributed by atoms with Gasteiger partial charge in [0.2, 0.25) is 0 Å². The molecule has 2 aliphatic rings. The Hall–Kier alpha value is -4.08. The zero-order valence-electron chi connectivity index (χ0n) is 20.9. The zero-order valence-corrected chi connectivity index (χ0v) is 22.4. The third-order valence-electron chi connectivity index (χ3n) is 6.85. The summed E-state index contributed by atoms with van der Waals surface area (Å²) in [5, 5.41) is 44.2. The normalized spacial score (nSPS) is 26.1. The van der Waals surface area contributed by atoms with Gasteiger partial charge in [0, 0.05) is 22.0 Å². The van der Waals surface area contributed by atoms with Crippen LogP contribution in [0.15, 0.2) is 94.4 Å². The summed E-state index contributed by atoms with van der Waals surface area (Å²) in [6.07, 6.45) is -10.6. The highest BCUT2D eigenvalue weighted by Gasteiger charge is 2.57. The molecule has 0 bridgehead atoms. The van der Waals surface area contributed by atoms with E-state index >= 15 is 0 Å². The van der Waals surface area contributed by atoms with Crippen molar-refractivity contribution in [2.24, 2.45) is 0 Å². The summed E-state index contributed by atoms with van der Waals surface area (Å²) < 4.78 is 87.7. The van der Waals surface area contributed by atoms with E-state index in [1.165, 1.54) is 0 Å². The molecule has 0 amide bonds. The fourth-order valence-electron chi connectivity index (χ4n) is 4.83. The molecule has 0 aliphatic heterocycles. The Bertz CT molecular complexity index is 1500. The molecule has 228 valence electrons. The molecule has 17 heteroatoms. The summed E-state index contributed by atoms with van der Waals surface area (Å²) in [7, 11) is 0. The number of hydrogen-bond donors (Lipinski definition) is 2. The predicted molar refractivity (Wildman–Crippen MR) is 138 cm³/mol. The van der Waals surface area contributed by atoms with Gasteiger partial charge < -0.3 is 14.9 Å². The maximum absolute atomic E-state index is 13.7. The fraction of sp³-hybridized carbons (Fsp3) is 0.231. The smallest absolute Gasteiger partial charge is 0.416 e. The van der Waals surface area contributed by atoms with Crippen molar-refractivity contribution in [3.63, 3.8) is 0 Å². The third-order valence-corrected chi connectivity index (χ3v) is 7.64. The zero-order chi connectivity index (χ0) is 32.1. The van der Waals surface area contributed by atoms with Gasteiger partial charge in [-0.25, -0.2) is 0 Å². The van der Waals surface area contributed by atoms with Crippen LogP contribution < -0.4 is 0 Å². The van der Waals surface area contributed by atoms with E-state index in [9.17, 15) is 56.8 Å². The first-order valence-electron chi connectivity index (χ1n) is 11.8. The lowest BCUT2D eigenvalue weighted by atomic mass is 9.80. The summed E-state index contributed by atoms with van der Waals surface area (Å²) in [6.45, 7) is 0. The highest BCUT2D eigenvalue weighted by molar-refractivity contribution is 6.31. The standard InChI is InChI=1S/C26H16Cl2F6N2O7/c27-19-17(9-11-23(21(19)37,35(39)40)13-5-1-3-7-15(13)25(29,30)31)43-18-10-12-24(36(41)42,22(38)20(18)28)14-6-2-4-8-16(14)26(32,33)34/h1-12,17-18,37-38H. The van der Waals surface area contributed by atoms with Crippen molar-refractivity contribution in [1.29, 1.82) is 0 Å². The van der Waals surface area contributed by atoms with Crippen LogP contribution in [0.5, 0.6) is 0 Å². The molecule has 0 radical (unpaired) electrons. The summed E-state index contributed by atoms with van der Waals surface area (Å²) in [6, 6.07) is 6.79. The Balaban J connectivity index is 1.76. The lowest BCUT2D eigenvalue weighted by molar-refractivity contribution is -0.557. The molecule has 0 heterocycles. The van der Waals surface area contributed by atoms with E-state index in [2.05, 4.69) is 0 Å². The first-order valence-corrected chi connectivity index (χ1v) is 12.5. The average Bonchev–Trinajstić information content (AvgIpc) is 2.93. The minimum Gasteiger partial charge on any atom is -0.504 e. The molecule has 2 aliphatic carbocycles. The molecule has 43 heavy (non-hydrogen) atoms. The number of rotatable bonds is 6. The van der Waals surface area contributed by atoms with Gasteiger partial charge in [0.05, 0.1) is 32.3 Å². The van der Waals surface area contributed by atoms with Crippen LogP contribution in [0.3, 0.4) is 0 Å². The maximum atomic E-state index is 13.7. The number of nitrogens with zero attached hydrogens (tertiary/aromatic N) is 2. The topological polar surface area (TPSA) is 136 Å². The number of hydrogen-bond acceptors (Lipinski definition) is 7.